The lowest BCUT2D eigenvalue weighted by Gasteiger charge is -2.70. The Labute approximate surface area is 227 Å². The number of esters is 1. The van der Waals surface area contributed by atoms with Crippen molar-refractivity contribution in [3.8, 4) is 0 Å². The van der Waals surface area contributed by atoms with Crippen molar-refractivity contribution in [2.75, 3.05) is 7.11 Å². The van der Waals surface area contributed by atoms with E-state index < -0.39 is 5.60 Å². The van der Waals surface area contributed by atoms with E-state index in [0.29, 0.717) is 30.1 Å². The van der Waals surface area contributed by atoms with Crippen molar-refractivity contribution >= 4 is 5.97 Å². The van der Waals surface area contributed by atoms with Crippen LogP contribution in [0.2, 0.25) is 0 Å². The summed E-state index contributed by atoms with van der Waals surface area (Å²) >= 11 is 0. The number of hydrogen-bond acceptors (Lipinski definition) is 4. The molecule has 4 nitrogen and oxygen atoms in total. The van der Waals surface area contributed by atoms with E-state index in [-0.39, 0.29) is 39.3 Å². The molecule has 37 heavy (non-hydrogen) atoms. The molecule has 0 amide bonds. The molecule has 0 aromatic rings. The highest BCUT2D eigenvalue weighted by atomic mass is 16.5. The highest BCUT2D eigenvalue weighted by Crippen LogP contribution is 2.75. The summed E-state index contributed by atoms with van der Waals surface area (Å²) in [5.41, 5.74) is -0.188. The average Bonchev–Trinajstić information content (AvgIpc) is 3.14. The summed E-state index contributed by atoms with van der Waals surface area (Å²) in [6.45, 7) is 20.3. The molecule has 212 valence electrons. The molecule has 0 heterocycles. The van der Waals surface area contributed by atoms with Gasteiger partial charge in [0, 0.05) is 19.4 Å². The van der Waals surface area contributed by atoms with E-state index >= 15 is 0 Å². The molecule has 0 bridgehead atoms. The SMILES string of the molecule is COC(C)(C)/C=C/C[C@](C)(O)[C@H]1CC[C@]2(C)C1CC[C@@H]1[C@@]3(C)CC[C@H](OC(C)=O)C(C)(C)[C@@H]3CC[C@]12C. The molecule has 0 aliphatic heterocycles. The molecular formula is C33H56O4. The second-order valence-corrected chi connectivity index (χ2v) is 15.5. The molecule has 0 saturated heterocycles. The van der Waals surface area contributed by atoms with E-state index in [9.17, 15) is 9.90 Å². The minimum absolute atomic E-state index is 0.00194. The third-order valence-electron chi connectivity index (χ3n) is 13.0. The van der Waals surface area contributed by atoms with Gasteiger partial charge in [-0.05, 0) is 118 Å². The number of ether oxygens (including phenoxy) is 2. The van der Waals surface area contributed by atoms with Crippen molar-refractivity contribution < 1.29 is 19.4 Å². The number of fused-ring (bicyclic) bond motifs is 5. The third-order valence-corrected chi connectivity index (χ3v) is 13.0. The van der Waals surface area contributed by atoms with Crippen molar-refractivity contribution in [3.05, 3.63) is 12.2 Å². The van der Waals surface area contributed by atoms with E-state index in [1.165, 1.54) is 32.1 Å². The van der Waals surface area contributed by atoms with E-state index in [2.05, 4.69) is 67.5 Å². The quantitative estimate of drug-likeness (QED) is 0.290. The summed E-state index contributed by atoms with van der Waals surface area (Å²) in [6, 6.07) is 0. The number of carbonyl (C=O) groups excluding carboxylic acids is 1. The number of aliphatic hydroxyl groups is 1. The van der Waals surface area contributed by atoms with Crippen molar-refractivity contribution in [3.63, 3.8) is 0 Å². The van der Waals surface area contributed by atoms with Gasteiger partial charge in [-0.1, -0.05) is 46.8 Å². The highest BCUT2D eigenvalue weighted by molar-refractivity contribution is 5.66. The fraction of sp³-hybridized carbons (Fsp3) is 0.909. The number of methoxy groups -OCH3 is 1. The lowest BCUT2D eigenvalue weighted by Crippen LogP contribution is -2.64. The molecule has 4 rings (SSSR count). The molecule has 0 aromatic heterocycles. The first-order valence-electron chi connectivity index (χ1n) is 15.1. The zero-order chi connectivity index (χ0) is 27.7. The van der Waals surface area contributed by atoms with Gasteiger partial charge in [0.2, 0.25) is 0 Å². The van der Waals surface area contributed by atoms with Crippen LogP contribution in [0, 0.1) is 45.3 Å². The molecule has 1 unspecified atom stereocenters. The lowest BCUT2D eigenvalue weighted by atomic mass is 9.35. The molecule has 4 aliphatic carbocycles. The molecule has 4 saturated carbocycles. The molecule has 4 fully saturated rings. The maximum atomic E-state index is 11.9. The largest absolute Gasteiger partial charge is 0.462 e. The fourth-order valence-electron chi connectivity index (χ4n) is 10.7. The Kier molecular flexibility index (Phi) is 7.36. The second-order valence-electron chi connectivity index (χ2n) is 15.5. The van der Waals surface area contributed by atoms with Gasteiger partial charge in [-0.25, -0.2) is 0 Å². The van der Waals surface area contributed by atoms with Gasteiger partial charge in [0.05, 0.1) is 11.2 Å². The lowest BCUT2D eigenvalue weighted by molar-refractivity contribution is -0.229. The van der Waals surface area contributed by atoms with Crippen LogP contribution in [0.5, 0.6) is 0 Å². The monoisotopic (exact) mass is 516 g/mol. The summed E-state index contributed by atoms with van der Waals surface area (Å²) in [5.74, 6) is 2.03. The van der Waals surface area contributed by atoms with E-state index in [0.717, 1.165) is 19.3 Å². The van der Waals surface area contributed by atoms with Gasteiger partial charge in [0.25, 0.3) is 0 Å². The first kappa shape index (κ1) is 29.1. The van der Waals surface area contributed by atoms with Gasteiger partial charge in [-0.15, -0.1) is 0 Å². The Morgan fingerprint density at radius 2 is 1.57 bits per heavy atom. The van der Waals surface area contributed by atoms with Gasteiger partial charge >= 0.3 is 5.97 Å². The summed E-state index contributed by atoms with van der Waals surface area (Å²) in [5, 5.41) is 11.8. The van der Waals surface area contributed by atoms with E-state index in [1.807, 2.05) is 0 Å². The van der Waals surface area contributed by atoms with Crippen LogP contribution in [0.1, 0.15) is 120 Å². The minimum atomic E-state index is -0.697. The van der Waals surface area contributed by atoms with Crippen LogP contribution in [0.4, 0.5) is 0 Å². The zero-order valence-corrected chi connectivity index (χ0v) is 25.6. The molecule has 0 spiro atoms. The predicted octanol–water partition coefficient (Wildman–Crippen LogP) is 7.73. The minimum Gasteiger partial charge on any atom is -0.462 e. The molecule has 4 heteroatoms. The van der Waals surface area contributed by atoms with Crippen LogP contribution >= 0.6 is 0 Å². The first-order chi connectivity index (χ1) is 16.9. The molecule has 9 atom stereocenters. The van der Waals surface area contributed by atoms with Crippen LogP contribution in [-0.4, -0.2) is 35.5 Å². The highest BCUT2D eigenvalue weighted by Gasteiger charge is 2.69. The Bertz CT molecular complexity index is 902. The van der Waals surface area contributed by atoms with Gasteiger partial charge in [0.15, 0.2) is 0 Å². The summed E-state index contributed by atoms with van der Waals surface area (Å²) in [7, 11) is 1.74. The Morgan fingerprint density at radius 3 is 2.19 bits per heavy atom. The third kappa shape index (κ3) is 4.54. The summed E-state index contributed by atoms with van der Waals surface area (Å²) in [4.78, 5) is 11.9. The molecular weight excluding hydrogens is 460 g/mol. The van der Waals surface area contributed by atoms with Crippen molar-refractivity contribution in [2.24, 2.45) is 45.3 Å². The summed E-state index contributed by atoms with van der Waals surface area (Å²) < 4.78 is 11.4. The first-order valence-corrected chi connectivity index (χ1v) is 15.1. The van der Waals surface area contributed by atoms with E-state index in [4.69, 9.17) is 9.47 Å². The van der Waals surface area contributed by atoms with Gasteiger partial charge in [0.1, 0.15) is 6.10 Å². The van der Waals surface area contributed by atoms with Crippen LogP contribution in [0.15, 0.2) is 12.2 Å². The number of rotatable bonds is 6. The van der Waals surface area contributed by atoms with Gasteiger partial charge < -0.3 is 14.6 Å². The van der Waals surface area contributed by atoms with Gasteiger partial charge in [-0.3, -0.25) is 4.79 Å². The second kappa shape index (κ2) is 9.36. The maximum Gasteiger partial charge on any atom is 0.302 e. The predicted molar refractivity (Wildman–Crippen MR) is 150 cm³/mol. The maximum absolute atomic E-state index is 11.9. The van der Waals surface area contributed by atoms with Crippen LogP contribution in [0.25, 0.3) is 0 Å². The van der Waals surface area contributed by atoms with Crippen molar-refractivity contribution in [2.45, 2.75) is 137 Å². The Balaban J connectivity index is 1.58. The summed E-state index contributed by atoms with van der Waals surface area (Å²) in [6.07, 6.45) is 14.4. The standard InChI is InChI=1S/C33H56O4/c1-22(34)37-27-16-19-30(6)25(29(27,4)5)15-21-32(8)26(30)13-12-23-24(14-20-31(23,32)7)33(9,35)18-11-17-28(2,3)36-10/h11,17,23-27,35H,12-16,18-21H2,1-10H3/b17-11+/t23?,24-,25-,26+,27-,30-,31+,32+,33-/m0/s1. The molecule has 1 N–H and O–H groups in total. The molecule has 4 aliphatic rings. The van der Waals surface area contributed by atoms with Crippen molar-refractivity contribution in [1.29, 1.82) is 0 Å². The van der Waals surface area contributed by atoms with E-state index in [1.54, 1.807) is 14.0 Å². The Morgan fingerprint density at radius 1 is 0.919 bits per heavy atom. The smallest absolute Gasteiger partial charge is 0.302 e. The van der Waals surface area contributed by atoms with Crippen LogP contribution in [0.3, 0.4) is 0 Å². The Hall–Kier alpha value is -0.870. The van der Waals surface area contributed by atoms with Crippen LogP contribution < -0.4 is 0 Å². The number of carbonyl (C=O) groups is 1. The van der Waals surface area contributed by atoms with Crippen molar-refractivity contribution in [1.82, 2.24) is 0 Å². The number of hydrogen-bond donors (Lipinski definition) is 1. The average molecular weight is 517 g/mol. The molecule has 0 aromatic carbocycles. The fourth-order valence-corrected chi connectivity index (χ4v) is 10.7. The van der Waals surface area contributed by atoms with Gasteiger partial charge in [-0.2, -0.15) is 0 Å². The molecule has 0 radical (unpaired) electrons. The topological polar surface area (TPSA) is 55.8 Å². The van der Waals surface area contributed by atoms with Crippen LogP contribution in [-0.2, 0) is 14.3 Å². The normalized spacial score (nSPS) is 45.0. The zero-order valence-electron chi connectivity index (χ0n) is 25.6.